The number of thioether (sulfide) groups is 1. The van der Waals surface area contributed by atoms with Gasteiger partial charge in [-0.1, -0.05) is 6.07 Å². The Balaban J connectivity index is 2.66. The molecule has 2 rings (SSSR count). The summed E-state index contributed by atoms with van der Waals surface area (Å²) in [6, 6.07) is 7.45. The Bertz CT molecular complexity index is 743. The molecular weight excluding hydrogens is 288 g/mol. The SMILES string of the molecule is CCOC(=O)c1c(SCC(C)=O)c(C#N)c2ccccn12. The number of carbonyl (C=O) groups excluding carboxylic acids is 2. The first-order valence-corrected chi connectivity index (χ1v) is 7.41. The number of rotatable bonds is 5. The number of hydrogen-bond acceptors (Lipinski definition) is 5. The molecule has 0 aliphatic carbocycles. The van der Waals surface area contributed by atoms with Gasteiger partial charge in [0, 0.05) is 6.20 Å². The average Bonchev–Trinajstić information content (AvgIpc) is 2.78. The first kappa shape index (κ1) is 15.1. The highest BCUT2D eigenvalue weighted by molar-refractivity contribution is 8.00. The fraction of sp³-hybridized carbons (Fsp3) is 0.267. The van der Waals surface area contributed by atoms with E-state index in [1.807, 2.05) is 0 Å². The number of nitrogens with zero attached hydrogens (tertiary/aromatic N) is 2. The lowest BCUT2D eigenvalue weighted by atomic mass is 10.2. The number of ketones is 1. The van der Waals surface area contributed by atoms with Crippen LogP contribution in [0.3, 0.4) is 0 Å². The molecule has 2 aromatic heterocycles. The second-order valence-electron chi connectivity index (χ2n) is 4.33. The molecule has 0 aromatic carbocycles. The predicted octanol–water partition coefficient (Wildman–Crippen LogP) is 2.67. The average molecular weight is 302 g/mol. The Morgan fingerprint density at radius 2 is 2.19 bits per heavy atom. The number of Topliss-reactive ketones (excluding diaryl/α,β-unsaturated/α-hetero) is 1. The number of pyridine rings is 1. The van der Waals surface area contributed by atoms with E-state index < -0.39 is 5.97 Å². The minimum Gasteiger partial charge on any atom is -0.461 e. The van der Waals surface area contributed by atoms with Crippen molar-refractivity contribution in [2.75, 3.05) is 12.4 Å². The number of aromatic nitrogens is 1. The van der Waals surface area contributed by atoms with Crippen LogP contribution in [0, 0.1) is 11.3 Å². The van der Waals surface area contributed by atoms with Crippen LogP contribution < -0.4 is 0 Å². The number of esters is 1. The topological polar surface area (TPSA) is 71.6 Å². The number of nitriles is 1. The van der Waals surface area contributed by atoms with Crippen molar-refractivity contribution < 1.29 is 14.3 Å². The van der Waals surface area contributed by atoms with Crippen LogP contribution in [0.4, 0.5) is 0 Å². The van der Waals surface area contributed by atoms with Crippen molar-refractivity contribution in [3.63, 3.8) is 0 Å². The molecule has 0 fully saturated rings. The van der Waals surface area contributed by atoms with Gasteiger partial charge in [0.15, 0.2) is 0 Å². The lowest BCUT2D eigenvalue weighted by Crippen LogP contribution is -2.09. The van der Waals surface area contributed by atoms with Gasteiger partial charge in [-0.05, 0) is 26.0 Å². The van der Waals surface area contributed by atoms with Crippen molar-refractivity contribution in [1.29, 1.82) is 5.26 Å². The third kappa shape index (κ3) is 2.93. The third-order valence-electron chi connectivity index (χ3n) is 2.80. The minimum absolute atomic E-state index is 0.0195. The number of fused-ring (bicyclic) bond motifs is 1. The van der Waals surface area contributed by atoms with E-state index in [1.54, 1.807) is 35.7 Å². The Hall–Kier alpha value is -2.26. The van der Waals surface area contributed by atoms with Crippen molar-refractivity contribution in [2.24, 2.45) is 0 Å². The third-order valence-corrected chi connectivity index (χ3v) is 4.04. The van der Waals surface area contributed by atoms with Crippen LogP contribution in [0.15, 0.2) is 29.3 Å². The van der Waals surface area contributed by atoms with E-state index in [2.05, 4.69) is 6.07 Å². The van der Waals surface area contributed by atoms with E-state index in [0.29, 0.717) is 21.7 Å². The summed E-state index contributed by atoms with van der Waals surface area (Å²) in [6.07, 6.45) is 1.71. The second kappa shape index (κ2) is 6.46. The monoisotopic (exact) mass is 302 g/mol. The maximum absolute atomic E-state index is 12.2. The smallest absolute Gasteiger partial charge is 0.356 e. The van der Waals surface area contributed by atoms with E-state index in [4.69, 9.17) is 4.74 Å². The maximum atomic E-state index is 12.2. The number of ether oxygens (including phenoxy) is 1. The minimum atomic E-state index is -0.494. The van der Waals surface area contributed by atoms with Gasteiger partial charge in [0.25, 0.3) is 0 Å². The molecule has 21 heavy (non-hydrogen) atoms. The van der Waals surface area contributed by atoms with Crippen LogP contribution in [-0.4, -0.2) is 28.5 Å². The fourth-order valence-electron chi connectivity index (χ4n) is 2.00. The first-order chi connectivity index (χ1) is 10.1. The van der Waals surface area contributed by atoms with Crippen molar-refractivity contribution >= 4 is 29.0 Å². The Kier molecular flexibility index (Phi) is 4.66. The molecule has 0 atom stereocenters. The standard InChI is InChI=1S/C15H14N2O3S/c1-3-20-15(19)13-14(21-9-10(2)18)11(8-16)12-6-4-5-7-17(12)13/h4-7H,3,9H2,1-2H3. The highest BCUT2D eigenvalue weighted by Crippen LogP contribution is 2.32. The zero-order chi connectivity index (χ0) is 15.4. The molecule has 2 aromatic rings. The van der Waals surface area contributed by atoms with Gasteiger partial charge in [0.1, 0.15) is 17.5 Å². The van der Waals surface area contributed by atoms with Crippen LogP contribution in [0.25, 0.3) is 5.52 Å². The summed E-state index contributed by atoms with van der Waals surface area (Å²) in [5.41, 5.74) is 1.33. The molecule has 0 aliphatic rings. The van der Waals surface area contributed by atoms with Crippen LogP contribution in [-0.2, 0) is 9.53 Å². The molecule has 6 heteroatoms. The van der Waals surface area contributed by atoms with Crippen molar-refractivity contribution in [3.05, 3.63) is 35.7 Å². The molecule has 5 nitrogen and oxygen atoms in total. The van der Waals surface area contributed by atoms with E-state index >= 15 is 0 Å². The largest absolute Gasteiger partial charge is 0.461 e. The van der Waals surface area contributed by atoms with Gasteiger partial charge in [-0.15, -0.1) is 11.8 Å². The summed E-state index contributed by atoms with van der Waals surface area (Å²) >= 11 is 1.19. The molecule has 0 unspecified atom stereocenters. The van der Waals surface area contributed by atoms with Gasteiger partial charge in [0.05, 0.1) is 28.3 Å². The molecule has 0 saturated heterocycles. The molecule has 0 amide bonds. The fourth-order valence-corrected chi connectivity index (χ4v) is 2.96. The Labute approximate surface area is 126 Å². The quantitative estimate of drug-likeness (QED) is 0.627. The molecule has 0 N–H and O–H groups in total. The van der Waals surface area contributed by atoms with Gasteiger partial charge >= 0.3 is 5.97 Å². The van der Waals surface area contributed by atoms with Crippen LogP contribution in [0.5, 0.6) is 0 Å². The lowest BCUT2D eigenvalue weighted by molar-refractivity contribution is -0.114. The summed E-state index contributed by atoms with van der Waals surface area (Å²) < 4.78 is 6.71. The molecule has 0 spiro atoms. The molecule has 2 heterocycles. The van der Waals surface area contributed by atoms with Gasteiger partial charge in [-0.25, -0.2) is 4.79 Å². The van der Waals surface area contributed by atoms with Gasteiger partial charge < -0.3 is 9.14 Å². The highest BCUT2D eigenvalue weighted by atomic mass is 32.2. The van der Waals surface area contributed by atoms with E-state index in [-0.39, 0.29) is 18.1 Å². The molecule has 0 saturated carbocycles. The Morgan fingerprint density at radius 3 is 2.81 bits per heavy atom. The van der Waals surface area contributed by atoms with E-state index in [9.17, 15) is 14.9 Å². The van der Waals surface area contributed by atoms with E-state index in [1.165, 1.54) is 18.7 Å². The van der Waals surface area contributed by atoms with Crippen LogP contribution in [0.1, 0.15) is 29.9 Å². The molecule has 0 radical (unpaired) electrons. The summed E-state index contributed by atoms with van der Waals surface area (Å²) in [5, 5.41) is 9.39. The number of hydrogen-bond donors (Lipinski definition) is 0. The maximum Gasteiger partial charge on any atom is 0.356 e. The van der Waals surface area contributed by atoms with E-state index in [0.717, 1.165) is 0 Å². The van der Waals surface area contributed by atoms with Crippen molar-refractivity contribution in [1.82, 2.24) is 4.40 Å². The Morgan fingerprint density at radius 1 is 1.43 bits per heavy atom. The second-order valence-corrected chi connectivity index (χ2v) is 5.32. The van der Waals surface area contributed by atoms with Crippen LogP contribution in [0.2, 0.25) is 0 Å². The molecule has 0 aliphatic heterocycles. The lowest BCUT2D eigenvalue weighted by Gasteiger charge is -2.05. The van der Waals surface area contributed by atoms with Gasteiger partial charge in [-0.3, -0.25) is 4.79 Å². The summed E-state index contributed by atoms with van der Waals surface area (Å²) in [6.45, 7) is 3.44. The van der Waals surface area contributed by atoms with Crippen molar-refractivity contribution in [3.8, 4) is 6.07 Å². The summed E-state index contributed by atoms with van der Waals surface area (Å²) in [5.74, 6) is -0.307. The van der Waals surface area contributed by atoms with Crippen molar-refractivity contribution in [2.45, 2.75) is 18.7 Å². The normalized spacial score (nSPS) is 10.3. The highest BCUT2D eigenvalue weighted by Gasteiger charge is 2.24. The molecule has 0 bridgehead atoms. The zero-order valence-corrected chi connectivity index (χ0v) is 12.6. The van der Waals surface area contributed by atoms with Gasteiger partial charge in [0.2, 0.25) is 0 Å². The molecular formula is C15H14N2O3S. The summed E-state index contributed by atoms with van der Waals surface area (Å²) in [4.78, 5) is 23.9. The molecule has 108 valence electrons. The van der Waals surface area contributed by atoms with Crippen LogP contribution >= 0.6 is 11.8 Å². The van der Waals surface area contributed by atoms with Gasteiger partial charge in [-0.2, -0.15) is 5.26 Å². The predicted molar refractivity (Wildman–Crippen MR) is 79.5 cm³/mol. The summed E-state index contributed by atoms with van der Waals surface area (Å²) in [7, 11) is 0. The number of carbonyl (C=O) groups is 2. The first-order valence-electron chi connectivity index (χ1n) is 6.42. The zero-order valence-electron chi connectivity index (χ0n) is 11.8.